The molecule has 0 aliphatic rings. The van der Waals surface area contributed by atoms with E-state index in [1.165, 1.54) is 17.4 Å². The average molecular weight is 322 g/mol. The molecule has 2 aromatic rings. The lowest BCUT2D eigenvalue weighted by atomic mass is 10.2. The summed E-state index contributed by atoms with van der Waals surface area (Å²) in [5.74, 6) is 0.195. The Bertz CT molecular complexity index is 503. The summed E-state index contributed by atoms with van der Waals surface area (Å²) in [6.45, 7) is 0. The van der Waals surface area contributed by atoms with Gasteiger partial charge in [0.2, 0.25) is 0 Å². The summed E-state index contributed by atoms with van der Waals surface area (Å²) in [5.41, 5.74) is 0.474. The minimum Gasteiger partial charge on any atom is -0.206 e. The fourth-order valence-corrected chi connectivity index (χ4v) is 2.70. The van der Waals surface area contributed by atoms with Gasteiger partial charge in [0.25, 0.3) is 0 Å². The van der Waals surface area contributed by atoms with Crippen molar-refractivity contribution in [3.05, 3.63) is 33.5 Å². The Balaban J connectivity index is 2.35. The van der Waals surface area contributed by atoms with Gasteiger partial charge in [-0.1, -0.05) is 27.3 Å². The van der Waals surface area contributed by atoms with Crippen molar-refractivity contribution in [3.8, 4) is 10.6 Å². The van der Waals surface area contributed by atoms with Crippen molar-refractivity contribution >= 4 is 38.9 Å². The van der Waals surface area contributed by atoms with Crippen LogP contribution in [0, 0.1) is 5.82 Å². The van der Waals surface area contributed by atoms with E-state index in [2.05, 4.69) is 26.1 Å². The van der Waals surface area contributed by atoms with Crippen molar-refractivity contribution < 1.29 is 4.39 Å². The van der Waals surface area contributed by atoms with Crippen LogP contribution in [0.25, 0.3) is 10.6 Å². The predicted octanol–water partition coefficient (Wildman–Crippen LogP) is 3.89. The average Bonchev–Trinajstić information content (AvgIpc) is 2.67. The molecule has 0 spiro atoms. The SMILES string of the molecule is Fc1cc(Br)ccc1-c1nnc(CCCl)s1. The molecule has 0 fully saturated rings. The third kappa shape index (κ3) is 2.59. The molecule has 6 heteroatoms. The Hall–Kier alpha value is -0.520. The molecule has 16 heavy (non-hydrogen) atoms. The van der Waals surface area contributed by atoms with E-state index in [0.717, 1.165) is 5.01 Å². The van der Waals surface area contributed by atoms with Gasteiger partial charge in [-0.3, -0.25) is 0 Å². The van der Waals surface area contributed by atoms with Crippen LogP contribution in [0.15, 0.2) is 22.7 Å². The second-order valence-electron chi connectivity index (χ2n) is 3.06. The predicted molar refractivity (Wildman–Crippen MR) is 67.4 cm³/mol. The third-order valence-corrected chi connectivity index (χ3v) is 3.64. The zero-order chi connectivity index (χ0) is 11.5. The van der Waals surface area contributed by atoms with Crippen molar-refractivity contribution in [2.45, 2.75) is 6.42 Å². The number of nitrogens with zero attached hydrogens (tertiary/aromatic N) is 2. The van der Waals surface area contributed by atoms with E-state index < -0.39 is 0 Å². The normalized spacial score (nSPS) is 10.7. The highest BCUT2D eigenvalue weighted by Gasteiger charge is 2.11. The Morgan fingerprint density at radius 1 is 1.38 bits per heavy atom. The second kappa shape index (κ2) is 5.21. The summed E-state index contributed by atoms with van der Waals surface area (Å²) in [6.07, 6.45) is 0.664. The van der Waals surface area contributed by atoms with Gasteiger partial charge in [-0.2, -0.15) is 0 Å². The number of hydrogen-bond acceptors (Lipinski definition) is 3. The number of alkyl halides is 1. The molecule has 0 atom stereocenters. The van der Waals surface area contributed by atoms with Crippen LogP contribution >= 0.6 is 38.9 Å². The Labute approximate surface area is 110 Å². The molecule has 0 saturated carbocycles. The Morgan fingerprint density at radius 2 is 2.19 bits per heavy atom. The van der Waals surface area contributed by atoms with E-state index in [1.54, 1.807) is 12.1 Å². The van der Waals surface area contributed by atoms with Crippen LogP contribution in [0.1, 0.15) is 5.01 Å². The standard InChI is InChI=1S/C10H7BrClFN2S/c11-6-1-2-7(8(13)5-6)10-15-14-9(16-10)3-4-12/h1-2,5H,3-4H2. The first kappa shape index (κ1) is 12.0. The molecule has 0 aliphatic carbocycles. The summed E-state index contributed by atoms with van der Waals surface area (Å²) in [6, 6.07) is 4.88. The minimum atomic E-state index is -0.303. The zero-order valence-electron chi connectivity index (χ0n) is 8.08. The van der Waals surface area contributed by atoms with Gasteiger partial charge in [-0.15, -0.1) is 21.8 Å². The van der Waals surface area contributed by atoms with Gasteiger partial charge >= 0.3 is 0 Å². The Morgan fingerprint density at radius 3 is 2.88 bits per heavy atom. The van der Waals surface area contributed by atoms with Crippen LogP contribution in [0.4, 0.5) is 4.39 Å². The first-order chi connectivity index (χ1) is 7.70. The molecule has 1 aromatic carbocycles. The molecule has 0 aliphatic heterocycles. The lowest BCUT2D eigenvalue weighted by Crippen LogP contribution is -1.84. The third-order valence-electron chi connectivity index (χ3n) is 1.94. The summed E-state index contributed by atoms with van der Waals surface area (Å²) in [5, 5.41) is 9.32. The van der Waals surface area contributed by atoms with Gasteiger partial charge in [0.05, 0.1) is 0 Å². The topological polar surface area (TPSA) is 25.8 Å². The number of benzene rings is 1. The van der Waals surface area contributed by atoms with Gasteiger partial charge < -0.3 is 0 Å². The largest absolute Gasteiger partial charge is 0.206 e. The molecule has 2 rings (SSSR count). The van der Waals surface area contributed by atoms with Crippen LogP contribution in [-0.4, -0.2) is 16.1 Å². The lowest BCUT2D eigenvalue weighted by Gasteiger charge is -1.98. The molecule has 0 radical (unpaired) electrons. The zero-order valence-corrected chi connectivity index (χ0v) is 11.2. The van der Waals surface area contributed by atoms with E-state index in [-0.39, 0.29) is 5.82 Å². The fraction of sp³-hybridized carbons (Fsp3) is 0.200. The van der Waals surface area contributed by atoms with Crippen molar-refractivity contribution in [1.82, 2.24) is 10.2 Å². The number of halogens is 3. The maximum absolute atomic E-state index is 13.6. The summed E-state index contributed by atoms with van der Waals surface area (Å²) >= 11 is 10.2. The van der Waals surface area contributed by atoms with Crippen molar-refractivity contribution in [2.24, 2.45) is 0 Å². The number of rotatable bonds is 3. The molecule has 84 valence electrons. The minimum absolute atomic E-state index is 0.303. The molecule has 0 unspecified atom stereocenters. The maximum Gasteiger partial charge on any atom is 0.150 e. The molecule has 0 bridgehead atoms. The van der Waals surface area contributed by atoms with Crippen molar-refractivity contribution in [3.63, 3.8) is 0 Å². The first-order valence-corrected chi connectivity index (χ1v) is 6.69. The van der Waals surface area contributed by atoms with Crippen LogP contribution in [0.3, 0.4) is 0 Å². The summed E-state index contributed by atoms with van der Waals surface area (Å²) < 4.78 is 14.3. The van der Waals surface area contributed by atoms with Crippen molar-refractivity contribution in [2.75, 3.05) is 5.88 Å². The highest BCUT2D eigenvalue weighted by Crippen LogP contribution is 2.28. The highest BCUT2D eigenvalue weighted by atomic mass is 79.9. The molecular weight excluding hydrogens is 315 g/mol. The van der Waals surface area contributed by atoms with Gasteiger partial charge in [-0.25, -0.2) is 4.39 Å². The van der Waals surface area contributed by atoms with Crippen LogP contribution in [0.5, 0.6) is 0 Å². The van der Waals surface area contributed by atoms with Gasteiger partial charge in [0, 0.05) is 22.3 Å². The van der Waals surface area contributed by atoms with Crippen LogP contribution in [0.2, 0.25) is 0 Å². The molecule has 0 saturated heterocycles. The molecule has 0 amide bonds. The molecular formula is C10H7BrClFN2S. The van der Waals surface area contributed by atoms with Crippen LogP contribution in [-0.2, 0) is 6.42 Å². The number of aryl methyl sites for hydroxylation is 1. The van der Waals surface area contributed by atoms with Crippen LogP contribution < -0.4 is 0 Å². The molecule has 2 nitrogen and oxygen atoms in total. The number of aromatic nitrogens is 2. The van der Waals surface area contributed by atoms with Gasteiger partial charge in [0.15, 0.2) is 5.01 Å². The highest BCUT2D eigenvalue weighted by molar-refractivity contribution is 9.10. The quantitative estimate of drug-likeness (QED) is 0.802. The fourth-order valence-electron chi connectivity index (χ4n) is 1.21. The maximum atomic E-state index is 13.6. The van der Waals surface area contributed by atoms with Gasteiger partial charge in [-0.05, 0) is 18.2 Å². The van der Waals surface area contributed by atoms with E-state index in [4.69, 9.17) is 11.6 Å². The van der Waals surface area contributed by atoms with Gasteiger partial charge in [0.1, 0.15) is 10.8 Å². The van der Waals surface area contributed by atoms with Crippen molar-refractivity contribution in [1.29, 1.82) is 0 Å². The molecule has 1 aromatic heterocycles. The van der Waals surface area contributed by atoms with E-state index >= 15 is 0 Å². The summed E-state index contributed by atoms with van der Waals surface area (Å²) in [7, 11) is 0. The van der Waals surface area contributed by atoms with E-state index in [9.17, 15) is 4.39 Å². The lowest BCUT2D eigenvalue weighted by molar-refractivity contribution is 0.630. The van der Waals surface area contributed by atoms with E-state index in [0.29, 0.717) is 27.3 Å². The van der Waals surface area contributed by atoms with E-state index in [1.807, 2.05) is 0 Å². The second-order valence-corrected chi connectivity index (χ2v) is 5.42. The summed E-state index contributed by atoms with van der Waals surface area (Å²) in [4.78, 5) is 0. The molecule has 0 N–H and O–H groups in total. The Kier molecular flexibility index (Phi) is 3.89. The number of hydrogen-bond donors (Lipinski definition) is 0. The molecule has 1 heterocycles. The first-order valence-electron chi connectivity index (χ1n) is 4.54. The smallest absolute Gasteiger partial charge is 0.150 e. The monoisotopic (exact) mass is 320 g/mol.